The molecule has 3 aromatic carbocycles. The molecule has 0 saturated carbocycles. The predicted molar refractivity (Wildman–Crippen MR) is 154 cm³/mol. The molecule has 3 aromatic rings. The molecule has 6 heteroatoms. The van der Waals surface area contributed by atoms with Gasteiger partial charge in [0.1, 0.15) is 17.3 Å². The topological polar surface area (TPSA) is 76.1 Å². The van der Waals surface area contributed by atoms with E-state index in [2.05, 4.69) is 20.8 Å². The first-order chi connectivity index (χ1) is 18.4. The lowest BCUT2D eigenvalue weighted by molar-refractivity contribution is -0.132. The monoisotopic (exact) mass is 527 g/mol. The fourth-order valence-corrected chi connectivity index (χ4v) is 4.81. The highest BCUT2D eigenvalue weighted by atomic mass is 16.5. The van der Waals surface area contributed by atoms with E-state index in [9.17, 15) is 14.7 Å². The number of carbonyl (C=O) groups is 2. The van der Waals surface area contributed by atoms with Crippen molar-refractivity contribution in [2.75, 3.05) is 11.5 Å². The number of nitrogens with zero attached hydrogens (tertiary/aromatic N) is 1. The quantitative estimate of drug-likeness (QED) is 0.201. The maximum atomic E-state index is 13.6. The third-order valence-electron chi connectivity index (χ3n) is 6.75. The van der Waals surface area contributed by atoms with Gasteiger partial charge in [0.15, 0.2) is 0 Å². The van der Waals surface area contributed by atoms with Crippen LogP contribution in [0.5, 0.6) is 11.5 Å². The molecule has 1 amide bonds. The molecule has 1 N–H and O–H groups in total. The van der Waals surface area contributed by atoms with Crippen LogP contribution in [0.2, 0.25) is 0 Å². The van der Waals surface area contributed by atoms with Gasteiger partial charge in [-0.1, -0.05) is 51.1 Å². The molecule has 0 aromatic heterocycles. The van der Waals surface area contributed by atoms with Crippen molar-refractivity contribution in [1.82, 2.24) is 0 Å². The van der Waals surface area contributed by atoms with Gasteiger partial charge < -0.3 is 14.6 Å². The van der Waals surface area contributed by atoms with Crippen LogP contribution < -0.4 is 14.4 Å². The largest absolute Gasteiger partial charge is 0.507 e. The molecular weight excluding hydrogens is 490 g/mol. The van der Waals surface area contributed by atoms with Crippen LogP contribution >= 0.6 is 0 Å². The number of ketones is 1. The SMILES string of the molecule is CCOc1cccc(N2C(=O)C(=O)/C(=C(\O)c3ccc(OC(C)C)c(C)c3)C2c2ccc(C(C)(C)C)cc2)c1. The number of aryl methyl sites for hydroxylation is 1. The Balaban J connectivity index is 1.89. The van der Waals surface area contributed by atoms with Crippen molar-refractivity contribution < 1.29 is 24.2 Å². The Morgan fingerprint density at radius 1 is 1.00 bits per heavy atom. The van der Waals surface area contributed by atoms with Gasteiger partial charge in [0, 0.05) is 17.3 Å². The minimum atomic E-state index is -0.817. The van der Waals surface area contributed by atoms with Gasteiger partial charge in [0.2, 0.25) is 0 Å². The van der Waals surface area contributed by atoms with E-state index in [-0.39, 0.29) is 22.9 Å². The molecule has 0 spiro atoms. The number of carbonyl (C=O) groups excluding carboxylic acids is 2. The van der Waals surface area contributed by atoms with Gasteiger partial charge in [-0.25, -0.2) is 0 Å². The summed E-state index contributed by atoms with van der Waals surface area (Å²) in [5, 5.41) is 11.5. The average Bonchev–Trinajstić information content (AvgIpc) is 3.14. The number of aliphatic hydroxyl groups excluding tert-OH is 1. The van der Waals surface area contributed by atoms with E-state index >= 15 is 0 Å². The standard InChI is InChI=1S/C33H37NO5/c1-8-38-26-11-9-10-25(19-26)34-29(22-12-15-24(16-13-22)33(5,6)7)28(31(36)32(34)37)30(35)23-14-17-27(21(4)18-23)39-20(2)3/h9-20,29,35H,8H2,1-7H3/b30-28-. The van der Waals surface area contributed by atoms with Crippen LogP contribution in [0.15, 0.2) is 72.3 Å². The number of rotatable bonds is 7. The Bertz CT molecular complexity index is 1410. The number of hydrogen-bond donors (Lipinski definition) is 1. The van der Waals surface area contributed by atoms with E-state index in [1.54, 1.807) is 42.5 Å². The molecule has 204 valence electrons. The van der Waals surface area contributed by atoms with Crippen LogP contribution in [0.3, 0.4) is 0 Å². The van der Waals surface area contributed by atoms with Crippen molar-refractivity contribution in [1.29, 1.82) is 0 Å². The van der Waals surface area contributed by atoms with Gasteiger partial charge in [0.25, 0.3) is 11.7 Å². The number of amides is 1. The van der Waals surface area contributed by atoms with E-state index in [1.807, 2.05) is 52.0 Å². The van der Waals surface area contributed by atoms with Crippen molar-refractivity contribution >= 4 is 23.1 Å². The minimum Gasteiger partial charge on any atom is -0.507 e. The summed E-state index contributed by atoms with van der Waals surface area (Å²) in [6, 6.07) is 19.4. The Kier molecular flexibility index (Phi) is 7.86. The van der Waals surface area contributed by atoms with Crippen LogP contribution in [0, 0.1) is 6.92 Å². The number of aliphatic hydroxyl groups is 1. The second-order valence-corrected chi connectivity index (χ2v) is 11.1. The molecule has 1 saturated heterocycles. The molecule has 1 aliphatic rings. The van der Waals surface area contributed by atoms with Gasteiger partial charge >= 0.3 is 0 Å². The fourth-order valence-electron chi connectivity index (χ4n) is 4.81. The smallest absolute Gasteiger partial charge is 0.300 e. The maximum Gasteiger partial charge on any atom is 0.300 e. The third kappa shape index (κ3) is 5.70. The molecule has 4 rings (SSSR count). The van der Waals surface area contributed by atoms with Crippen LogP contribution in [-0.2, 0) is 15.0 Å². The van der Waals surface area contributed by atoms with Crippen molar-refractivity contribution in [3.8, 4) is 11.5 Å². The van der Waals surface area contributed by atoms with E-state index in [1.165, 1.54) is 4.90 Å². The lowest BCUT2D eigenvalue weighted by Crippen LogP contribution is -2.29. The summed E-state index contributed by atoms with van der Waals surface area (Å²) >= 11 is 0. The molecule has 1 atom stereocenters. The summed E-state index contributed by atoms with van der Waals surface area (Å²) in [6.45, 7) is 14.5. The van der Waals surface area contributed by atoms with Gasteiger partial charge in [-0.2, -0.15) is 0 Å². The molecule has 1 unspecified atom stereocenters. The van der Waals surface area contributed by atoms with Crippen LogP contribution in [0.1, 0.15) is 69.8 Å². The zero-order chi connectivity index (χ0) is 28.5. The Hall–Kier alpha value is -4.06. The second-order valence-electron chi connectivity index (χ2n) is 11.1. The van der Waals surface area contributed by atoms with E-state index in [0.717, 1.165) is 16.7 Å². The first-order valence-electron chi connectivity index (χ1n) is 13.3. The molecule has 1 heterocycles. The molecule has 0 aliphatic carbocycles. The van der Waals surface area contributed by atoms with Gasteiger partial charge in [-0.05, 0) is 80.1 Å². The predicted octanol–water partition coefficient (Wildman–Crippen LogP) is 7.10. The summed E-state index contributed by atoms with van der Waals surface area (Å²) in [5.41, 5.74) is 3.60. The third-order valence-corrected chi connectivity index (χ3v) is 6.75. The van der Waals surface area contributed by atoms with Crippen LogP contribution in [-0.4, -0.2) is 29.5 Å². The van der Waals surface area contributed by atoms with Crippen molar-refractivity contribution in [3.63, 3.8) is 0 Å². The van der Waals surface area contributed by atoms with Crippen LogP contribution in [0.4, 0.5) is 5.69 Å². The lowest BCUT2D eigenvalue weighted by Gasteiger charge is -2.27. The zero-order valence-corrected chi connectivity index (χ0v) is 23.7. The molecule has 39 heavy (non-hydrogen) atoms. The van der Waals surface area contributed by atoms with Crippen molar-refractivity contribution in [2.24, 2.45) is 0 Å². The average molecular weight is 528 g/mol. The highest BCUT2D eigenvalue weighted by Gasteiger charge is 2.47. The van der Waals surface area contributed by atoms with E-state index in [4.69, 9.17) is 9.47 Å². The zero-order valence-electron chi connectivity index (χ0n) is 23.7. The Labute approximate surface area is 230 Å². The summed E-state index contributed by atoms with van der Waals surface area (Å²) in [4.78, 5) is 28.6. The number of hydrogen-bond acceptors (Lipinski definition) is 5. The number of anilines is 1. The minimum absolute atomic E-state index is 0.00278. The molecule has 1 aliphatic heterocycles. The number of benzene rings is 3. The van der Waals surface area contributed by atoms with Crippen molar-refractivity contribution in [2.45, 2.75) is 66.0 Å². The van der Waals surface area contributed by atoms with Crippen LogP contribution in [0.25, 0.3) is 5.76 Å². The van der Waals surface area contributed by atoms with Gasteiger partial charge in [-0.3, -0.25) is 14.5 Å². The summed E-state index contributed by atoms with van der Waals surface area (Å²) in [7, 11) is 0. The fraction of sp³-hybridized carbons (Fsp3) is 0.333. The summed E-state index contributed by atoms with van der Waals surface area (Å²) < 4.78 is 11.5. The highest BCUT2D eigenvalue weighted by Crippen LogP contribution is 2.43. The second kappa shape index (κ2) is 11.0. The molecule has 1 fully saturated rings. The highest BCUT2D eigenvalue weighted by molar-refractivity contribution is 6.51. The van der Waals surface area contributed by atoms with Crippen molar-refractivity contribution in [3.05, 3.63) is 94.6 Å². The van der Waals surface area contributed by atoms with Gasteiger partial charge in [-0.15, -0.1) is 0 Å². The molecule has 0 radical (unpaired) electrons. The Morgan fingerprint density at radius 2 is 1.69 bits per heavy atom. The van der Waals surface area contributed by atoms with E-state index < -0.39 is 17.7 Å². The Morgan fingerprint density at radius 3 is 2.28 bits per heavy atom. The molecular formula is C33H37NO5. The first-order valence-corrected chi connectivity index (χ1v) is 13.3. The first kappa shape index (κ1) is 28.0. The van der Waals surface area contributed by atoms with Gasteiger partial charge in [0.05, 0.1) is 24.3 Å². The number of Topliss-reactive ketones (excluding diaryl/α,β-unsaturated/α-hetero) is 1. The summed E-state index contributed by atoms with van der Waals surface area (Å²) in [5.74, 6) is -0.369. The maximum absolute atomic E-state index is 13.6. The molecule has 6 nitrogen and oxygen atoms in total. The summed E-state index contributed by atoms with van der Waals surface area (Å²) in [6.07, 6.45) is -0.00278. The van der Waals surface area contributed by atoms with E-state index in [0.29, 0.717) is 29.4 Å². The molecule has 0 bridgehead atoms. The number of ether oxygens (including phenoxy) is 2. The normalized spacial score (nSPS) is 17.1. The lowest BCUT2D eigenvalue weighted by atomic mass is 9.85.